The normalized spacial score (nSPS) is 24.2. The third-order valence-corrected chi connectivity index (χ3v) is 3.26. The molecule has 0 spiro atoms. The summed E-state index contributed by atoms with van der Waals surface area (Å²) >= 11 is 0. The number of morpholine rings is 1. The van der Waals surface area contributed by atoms with Crippen LogP contribution in [-0.4, -0.2) is 37.2 Å². The molecule has 1 saturated heterocycles. The van der Waals surface area contributed by atoms with Crippen molar-refractivity contribution in [1.29, 1.82) is 0 Å². The number of nitrogens with zero attached hydrogens (tertiary/aromatic N) is 1. The smallest absolute Gasteiger partial charge is 0.0824 e. The predicted octanol–water partition coefficient (Wildman–Crippen LogP) is 1.41. The molecule has 3 nitrogen and oxygen atoms in total. The molecule has 16 heavy (non-hydrogen) atoms. The van der Waals surface area contributed by atoms with Gasteiger partial charge in [0.05, 0.1) is 12.7 Å². The van der Waals surface area contributed by atoms with Gasteiger partial charge in [-0.25, -0.2) is 0 Å². The monoisotopic (exact) mass is 220 g/mol. The maximum absolute atomic E-state index is 5.65. The fourth-order valence-electron chi connectivity index (χ4n) is 2.18. The van der Waals surface area contributed by atoms with Crippen molar-refractivity contribution < 1.29 is 4.74 Å². The first-order valence-corrected chi connectivity index (χ1v) is 5.92. The topological polar surface area (TPSA) is 38.5 Å². The van der Waals surface area contributed by atoms with Gasteiger partial charge in [0.2, 0.25) is 0 Å². The molecular weight excluding hydrogens is 200 g/mol. The van der Waals surface area contributed by atoms with Gasteiger partial charge < -0.3 is 10.5 Å². The van der Waals surface area contributed by atoms with Crippen LogP contribution in [0.5, 0.6) is 0 Å². The van der Waals surface area contributed by atoms with Crippen molar-refractivity contribution in [3.8, 4) is 0 Å². The van der Waals surface area contributed by atoms with E-state index in [1.54, 1.807) is 0 Å². The summed E-state index contributed by atoms with van der Waals surface area (Å²) in [5.74, 6) is 0. The van der Waals surface area contributed by atoms with E-state index in [9.17, 15) is 0 Å². The Kier molecular flexibility index (Phi) is 3.93. The zero-order valence-electron chi connectivity index (χ0n) is 9.80. The molecule has 88 valence electrons. The van der Waals surface area contributed by atoms with E-state index in [1.165, 1.54) is 5.56 Å². The van der Waals surface area contributed by atoms with Crippen LogP contribution >= 0.6 is 0 Å². The fraction of sp³-hybridized carbons (Fsp3) is 0.538. The number of ether oxygens (including phenoxy) is 1. The average molecular weight is 220 g/mol. The Hall–Kier alpha value is -0.900. The van der Waals surface area contributed by atoms with Gasteiger partial charge >= 0.3 is 0 Å². The van der Waals surface area contributed by atoms with Crippen LogP contribution in [0.3, 0.4) is 0 Å². The highest BCUT2D eigenvalue weighted by molar-refractivity contribution is 5.18. The van der Waals surface area contributed by atoms with E-state index in [0.717, 1.165) is 19.7 Å². The molecule has 0 bridgehead atoms. The molecule has 1 heterocycles. The Morgan fingerprint density at radius 2 is 2.19 bits per heavy atom. The second-order valence-electron chi connectivity index (χ2n) is 4.31. The van der Waals surface area contributed by atoms with Crippen molar-refractivity contribution in [2.75, 3.05) is 26.2 Å². The van der Waals surface area contributed by atoms with Crippen LogP contribution in [0.25, 0.3) is 0 Å². The lowest BCUT2D eigenvalue weighted by molar-refractivity contribution is -0.0364. The summed E-state index contributed by atoms with van der Waals surface area (Å²) in [4.78, 5) is 2.44. The number of rotatable bonds is 3. The number of hydrogen-bond donors (Lipinski definition) is 1. The third-order valence-electron chi connectivity index (χ3n) is 3.26. The lowest BCUT2D eigenvalue weighted by Gasteiger charge is -2.36. The van der Waals surface area contributed by atoms with Gasteiger partial charge in [-0.2, -0.15) is 0 Å². The van der Waals surface area contributed by atoms with E-state index in [2.05, 4.69) is 42.2 Å². The highest BCUT2D eigenvalue weighted by Crippen LogP contribution is 2.21. The molecule has 0 radical (unpaired) electrons. The van der Waals surface area contributed by atoms with E-state index in [0.29, 0.717) is 12.6 Å². The minimum Gasteiger partial charge on any atom is -0.374 e. The van der Waals surface area contributed by atoms with Gasteiger partial charge in [0.15, 0.2) is 0 Å². The SMILES string of the molecule is C[C@@H](c1ccccc1)N1CCO[C@@H](CN)C1. The molecule has 0 unspecified atom stereocenters. The predicted molar refractivity (Wildman–Crippen MR) is 65.2 cm³/mol. The molecule has 2 rings (SSSR count). The minimum atomic E-state index is 0.194. The zero-order chi connectivity index (χ0) is 11.4. The Morgan fingerprint density at radius 1 is 1.44 bits per heavy atom. The highest BCUT2D eigenvalue weighted by atomic mass is 16.5. The molecule has 1 aliphatic rings. The molecule has 0 aliphatic carbocycles. The van der Waals surface area contributed by atoms with Crippen molar-refractivity contribution in [3.05, 3.63) is 35.9 Å². The van der Waals surface area contributed by atoms with Crippen molar-refractivity contribution in [3.63, 3.8) is 0 Å². The van der Waals surface area contributed by atoms with E-state index in [1.807, 2.05) is 0 Å². The Bertz CT molecular complexity index is 315. The highest BCUT2D eigenvalue weighted by Gasteiger charge is 2.23. The molecule has 3 heteroatoms. The summed E-state index contributed by atoms with van der Waals surface area (Å²) in [6.07, 6.45) is 0.194. The summed E-state index contributed by atoms with van der Waals surface area (Å²) in [5.41, 5.74) is 7.01. The molecule has 1 aromatic rings. The van der Waals surface area contributed by atoms with E-state index < -0.39 is 0 Å². The first kappa shape index (κ1) is 11.6. The largest absolute Gasteiger partial charge is 0.374 e. The van der Waals surface area contributed by atoms with E-state index >= 15 is 0 Å². The van der Waals surface area contributed by atoms with Gasteiger partial charge in [-0.15, -0.1) is 0 Å². The molecule has 1 aromatic carbocycles. The standard InChI is InChI=1S/C13H20N2O/c1-11(12-5-3-2-4-6-12)15-7-8-16-13(9-14)10-15/h2-6,11,13H,7-10,14H2,1H3/t11-,13-/m0/s1. The van der Waals surface area contributed by atoms with Gasteiger partial charge in [-0.05, 0) is 12.5 Å². The van der Waals surface area contributed by atoms with Gasteiger partial charge in [0, 0.05) is 25.7 Å². The average Bonchev–Trinajstić information content (AvgIpc) is 2.39. The molecule has 0 saturated carbocycles. The van der Waals surface area contributed by atoms with Crippen molar-refractivity contribution in [1.82, 2.24) is 4.90 Å². The van der Waals surface area contributed by atoms with E-state index in [4.69, 9.17) is 10.5 Å². The summed E-state index contributed by atoms with van der Waals surface area (Å²) in [5, 5.41) is 0. The number of nitrogens with two attached hydrogens (primary N) is 1. The summed E-state index contributed by atoms with van der Waals surface area (Å²) in [6.45, 7) is 5.57. The lowest BCUT2D eigenvalue weighted by atomic mass is 10.1. The molecule has 0 aromatic heterocycles. The third kappa shape index (κ3) is 2.61. The lowest BCUT2D eigenvalue weighted by Crippen LogP contribution is -2.46. The summed E-state index contributed by atoms with van der Waals surface area (Å²) < 4.78 is 5.58. The fourth-order valence-corrected chi connectivity index (χ4v) is 2.18. The van der Waals surface area contributed by atoms with Crippen molar-refractivity contribution in [2.45, 2.75) is 19.1 Å². The van der Waals surface area contributed by atoms with Gasteiger partial charge in [0.25, 0.3) is 0 Å². The maximum Gasteiger partial charge on any atom is 0.0824 e. The maximum atomic E-state index is 5.65. The second-order valence-corrected chi connectivity index (χ2v) is 4.31. The first-order valence-electron chi connectivity index (χ1n) is 5.92. The number of benzene rings is 1. The first-order chi connectivity index (χ1) is 7.81. The summed E-state index contributed by atoms with van der Waals surface area (Å²) in [7, 11) is 0. The Morgan fingerprint density at radius 3 is 2.88 bits per heavy atom. The molecule has 1 fully saturated rings. The molecule has 0 amide bonds. The quantitative estimate of drug-likeness (QED) is 0.837. The number of hydrogen-bond acceptors (Lipinski definition) is 3. The van der Waals surface area contributed by atoms with Crippen LogP contribution in [0.2, 0.25) is 0 Å². The van der Waals surface area contributed by atoms with Crippen molar-refractivity contribution >= 4 is 0 Å². The van der Waals surface area contributed by atoms with Crippen LogP contribution in [0.4, 0.5) is 0 Å². The molecule has 2 atom stereocenters. The minimum absolute atomic E-state index is 0.194. The van der Waals surface area contributed by atoms with Gasteiger partial charge in [0.1, 0.15) is 0 Å². The van der Waals surface area contributed by atoms with Crippen LogP contribution in [0.1, 0.15) is 18.5 Å². The zero-order valence-corrected chi connectivity index (χ0v) is 9.80. The van der Waals surface area contributed by atoms with Crippen LogP contribution in [-0.2, 0) is 4.74 Å². The van der Waals surface area contributed by atoms with Crippen LogP contribution in [0.15, 0.2) is 30.3 Å². The molecule has 2 N–H and O–H groups in total. The van der Waals surface area contributed by atoms with Gasteiger partial charge in [-0.3, -0.25) is 4.90 Å². The second kappa shape index (κ2) is 5.43. The Balaban J connectivity index is 2.01. The molecule has 1 aliphatic heterocycles. The van der Waals surface area contributed by atoms with Crippen LogP contribution in [0, 0.1) is 0 Å². The molecular formula is C13H20N2O. The van der Waals surface area contributed by atoms with E-state index in [-0.39, 0.29) is 6.10 Å². The van der Waals surface area contributed by atoms with Gasteiger partial charge in [-0.1, -0.05) is 30.3 Å². The summed E-state index contributed by atoms with van der Waals surface area (Å²) in [6, 6.07) is 11.0. The van der Waals surface area contributed by atoms with Crippen molar-refractivity contribution in [2.24, 2.45) is 5.73 Å². The van der Waals surface area contributed by atoms with Crippen LogP contribution < -0.4 is 5.73 Å². The Labute approximate surface area is 97.2 Å².